The molecule has 0 bridgehead atoms. The number of allylic oxidation sites excluding steroid dienone is 2. The molecule has 0 aliphatic heterocycles. The molecule has 0 aliphatic carbocycles. The SMILES string of the molecule is CCCCC/C=C\CC(/C=C/CCCCCCC(=O)OCC)[N+](=O)[O-]. The summed E-state index contributed by atoms with van der Waals surface area (Å²) in [5.74, 6) is -0.126. The smallest absolute Gasteiger partial charge is 0.305 e. The van der Waals surface area contributed by atoms with Gasteiger partial charge in [0, 0.05) is 17.8 Å². The third-order valence-electron chi connectivity index (χ3n) is 3.95. The van der Waals surface area contributed by atoms with Crippen LogP contribution < -0.4 is 0 Å². The van der Waals surface area contributed by atoms with E-state index in [1.807, 2.05) is 19.1 Å². The summed E-state index contributed by atoms with van der Waals surface area (Å²) in [4.78, 5) is 22.0. The quantitative estimate of drug-likeness (QED) is 0.119. The first kappa shape index (κ1) is 23.4. The largest absolute Gasteiger partial charge is 0.466 e. The zero-order chi connectivity index (χ0) is 18.8. The fraction of sp³-hybridized carbons (Fsp3) is 0.750. The van der Waals surface area contributed by atoms with E-state index in [0.717, 1.165) is 44.9 Å². The molecule has 0 rings (SSSR count). The van der Waals surface area contributed by atoms with Crippen molar-refractivity contribution in [3.63, 3.8) is 0 Å². The van der Waals surface area contributed by atoms with Crippen molar-refractivity contribution in [3.05, 3.63) is 34.4 Å². The van der Waals surface area contributed by atoms with Crippen LogP contribution in [-0.2, 0) is 9.53 Å². The lowest BCUT2D eigenvalue weighted by Gasteiger charge is -2.02. The van der Waals surface area contributed by atoms with Crippen LogP contribution in [0.1, 0.15) is 84.5 Å². The Morgan fingerprint density at radius 3 is 2.36 bits per heavy atom. The van der Waals surface area contributed by atoms with Crippen LogP contribution in [0.4, 0.5) is 0 Å². The number of carbonyl (C=O) groups excluding carboxylic acids is 1. The van der Waals surface area contributed by atoms with E-state index in [9.17, 15) is 14.9 Å². The first-order chi connectivity index (χ1) is 12.1. The van der Waals surface area contributed by atoms with Gasteiger partial charge in [-0.25, -0.2) is 0 Å². The molecule has 1 unspecified atom stereocenters. The van der Waals surface area contributed by atoms with E-state index in [4.69, 9.17) is 4.74 Å². The lowest BCUT2D eigenvalue weighted by atomic mass is 10.1. The van der Waals surface area contributed by atoms with Crippen molar-refractivity contribution < 1.29 is 14.5 Å². The van der Waals surface area contributed by atoms with Crippen molar-refractivity contribution in [1.82, 2.24) is 0 Å². The van der Waals surface area contributed by atoms with Gasteiger partial charge < -0.3 is 4.74 Å². The Hall–Kier alpha value is -1.65. The molecule has 0 saturated carbocycles. The highest BCUT2D eigenvalue weighted by Gasteiger charge is 2.13. The number of hydrogen-bond acceptors (Lipinski definition) is 4. The Kier molecular flexibility index (Phi) is 16.0. The molecule has 1 atom stereocenters. The number of nitrogens with zero attached hydrogens (tertiary/aromatic N) is 1. The van der Waals surface area contributed by atoms with Crippen molar-refractivity contribution in [2.75, 3.05) is 6.61 Å². The normalized spacial score (nSPS) is 12.7. The van der Waals surface area contributed by atoms with Gasteiger partial charge >= 0.3 is 5.97 Å². The van der Waals surface area contributed by atoms with Gasteiger partial charge in [-0.1, -0.05) is 50.8 Å². The van der Waals surface area contributed by atoms with Gasteiger partial charge in [-0.15, -0.1) is 0 Å². The lowest BCUT2D eigenvalue weighted by molar-refractivity contribution is -0.508. The summed E-state index contributed by atoms with van der Waals surface area (Å²) in [5, 5.41) is 11.1. The monoisotopic (exact) mass is 353 g/mol. The average molecular weight is 354 g/mol. The summed E-state index contributed by atoms with van der Waals surface area (Å²) in [6.07, 6.45) is 17.9. The Balaban J connectivity index is 3.79. The summed E-state index contributed by atoms with van der Waals surface area (Å²) in [6.45, 7) is 4.41. The van der Waals surface area contributed by atoms with Gasteiger partial charge in [-0.05, 0) is 45.1 Å². The molecule has 0 aromatic heterocycles. The van der Waals surface area contributed by atoms with Gasteiger partial charge in [0.25, 0.3) is 0 Å². The highest BCUT2D eigenvalue weighted by molar-refractivity contribution is 5.69. The Morgan fingerprint density at radius 1 is 1.00 bits per heavy atom. The van der Waals surface area contributed by atoms with Gasteiger partial charge in [0.15, 0.2) is 0 Å². The highest BCUT2D eigenvalue weighted by atomic mass is 16.6. The lowest BCUT2D eigenvalue weighted by Crippen LogP contribution is -2.15. The number of carbonyl (C=O) groups is 1. The van der Waals surface area contributed by atoms with Crippen LogP contribution in [0.2, 0.25) is 0 Å². The van der Waals surface area contributed by atoms with E-state index in [-0.39, 0.29) is 10.9 Å². The summed E-state index contributed by atoms with van der Waals surface area (Å²) in [5.41, 5.74) is 0. The first-order valence-electron chi connectivity index (χ1n) is 9.72. The minimum atomic E-state index is -0.619. The van der Waals surface area contributed by atoms with Crippen LogP contribution >= 0.6 is 0 Å². The van der Waals surface area contributed by atoms with E-state index >= 15 is 0 Å². The molecule has 5 heteroatoms. The van der Waals surface area contributed by atoms with Crippen LogP contribution in [-0.4, -0.2) is 23.5 Å². The standard InChI is InChI=1S/C20H35NO4/c1-3-5-6-7-10-13-16-19(21(23)24)17-14-11-8-9-12-15-18-20(22)25-4-2/h10,13-14,17,19H,3-9,11-12,15-16,18H2,1-2H3/b13-10-,17-14+. The number of unbranched alkanes of at least 4 members (excludes halogenated alkanes) is 7. The number of ether oxygens (including phenoxy) is 1. The first-order valence-corrected chi connectivity index (χ1v) is 9.72. The molecule has 0 heterocycles. The van der Waals surface area contributed by atoms with Crippen molar-refractivity contribution in [1.29, 1.82) is 0 Å². The predicted molar refractivity (Wildman–Crippen MR) is 102 cm³/mol. The molecule has 25 heavy (non-hydrogen) atoms. The highest BCUT2D eigenvalue weighted by Crippen LogP contribution is 2.09. The maximum Gasteiger partial charge on any atom is 0.305 e. The number of nitro groups is 1. The molecular weight excluding hydrogens is 318 g/mol. The van der Waals surface area contributed by atoms with Crippen LogP contribution in [0.15, 0.2) is 24.3 Å². The minimum Gasteiger partial charge on any atom is -0.466 e. The van der Waals surface area contributed by atoms with Crippen molar-refractivity contribution in [2.24, 2.45) is 0 Å². The van der Waals surface area contributed by atoms with Gasteiger partial charge in [-0.2, -0.15) is 0 Å². The summed E-state index contributed by atoms with van der Waals surface area (Å²) >= 11 is 0. The summed E-state index contributed by atoms with van der Waals surface area (Å²) < 4.78 is 4.88. The van der Waals surface area contributed by atoms with E-state index in [1.165, 1.54) is 12.8 Å². The predicted octanol–water partition coefficient (Wildman–Crippen LogP) is 5.62. The maximum atomic E-state index is 11.2. The van der Waals surface area contributed by atoms with Crippen LogP contribution in [0.3, 0.4) is 0 Å². The molecule has 0 radical (unpaired) electrons. The van der Waals surface area contributed by atoms with Gasteiger partial charge in [0.1, 0.15) is 0 Å². The van der Waals surface area contributed by atoms with Crippen molar-refractivity contribution >= 4 is 5.97 Å². The fourth-order valence-electron chi connectivity index (χ4n) is 2.47. The van der Waals surface area contributed by atoms with Crippen LogP contribution in [0.25, 0.3) is 0 Å². The van der Waals surface area contributed by atoms with E-state index in [1.54, 1.807) is 6.08 Å². The molecular formula is C20H35NO4. The maximum absolute atomic E-state index is 11.2. The Bertz CT molecular complexity index is 405. The minimum absolute atomic E-state index is 0.126. The molecule has 0 spiro atoms. The second-order valence-corrected chi connectivity index (χ2v) is 6.24. The number of esters is 1. The number of hydrogen-bond donors (Lipinski definition) is 0. The summed E-state index contributed by atoms with van der Waals surface area (Å²) in [6, 6.07) is -0.619. The van der Waals surface area contributed by atoms with Gasteiger partial charge in [0.2, 0.25) is 6.04 Å². The Morgan fingerprint density at radius 2 is 1.68 bits per heavy atom. The second kappa shape index (κ2) is 17.2. The van der Waals surface area contributed by atoms with E-state index in [0.29, 0.717) is 19.4 Å². The molecule has 0 aromatic carbocycles. The van der Waals surface area contributed by atoms with Crippen molar-refractivity contribution in [2.45, 2.75) is 90.5 Å². The van der Waals surface area contributed by atoms with E-state index in [2.05, 4.69) is 13.0 Å². The molecule has 5 nitrogen and oxygen atoms in total. The molecule has 0 fully saturated rings. The average Bonchev–Trinajstić information content (AvgIpc) is 2.58. The van der Waals surface area contributed by atoms with Gasteiger partial charge in [0.05, 0.1) is 6.61 Å². The molecule has 0 saturated heterocycles. The molecule has 0 aromatic rings. The Labute approximate surface area is 152 Å². The molecule has 0 aliphatic rings. The molecule has 144 valence electrons. The fourth-order valence-corrected chi connectivity index (χ4v) is 2.47. The molecule has 0 N–H and O–H groups in total. The second-order valence-electron chi connectivity index (χ2n) is 6.24. The topological polar surface area (TPSA) is 69.4 Å². The van der Waals surface area contributed by atoms with Crippen LogP contribution in [0, 0.1) is 10.1 Å². The van der Waals surface area contributed by atoms with E-state index < -0.39 is 6.04 Å². The van der Waals surface area contributed by atoms with Crippen LogP contribution in [0.5, 0.6) is 0 Å². The van der Waals surface area contributed by atoms with Gasteiger partial charge in [-0.3, -0.25) is 14.9 Å². The zero-order valence-corrected chi connectivity index (χ0v) is 16.0. The van der Waals surface area contributed by atoms with Crippen molar-refractivity contribution in [3.8, 4) is 0 Å². The third-order valence-corrected chi connectivity index (χ3v) is 3.95. The summed E-state index contributed by atoms with van der Waals surface area (Å²) in [7, 11) is 0. The third kappa shape index (κ3) is 15.6. The number of rotatable bonds is 16. The molecule has 0 amide bonds. The zero-order valence-electron chi connectivity index (χ0n) is 16.0.